The van der Waals surface area contributed by atoms with Crippen molar-refractivity contribution in [3.8, 4) is 12.3 Å². The quantitative estimate of drug-likeness (QED) is 0.674. The average Bonchev–Trinajstić information content (AvgIpc) is 2.90. The van der Waals surface area contributed by atoms with Crippen LogP contribution in [-0.4, -0.2) is 39.1 Å². The lowest BCUT2D eigenvalue weighted by Crippen LogP contribution is -2.41. The highest BCUT2D eigenvalue weighted by molar-refractivity contribution is 5.26. The molecule has 20 heavy (non-hydrogen) atoms. The zero-order valence-corrected chi connectivity index (χ0v) is 10.8. The fourth-order valence-electron chi connectivity index (χ4n) is 2.75. The summed E-state index contributed by atoms with van der Waals surface area (Å²) in [5.74, 6) is 2.20. The van der Waals surface area contributed by atoms with Gasteiger partial charge >= 0.3 is 5.69 Å². The number of fused-ring (bicyclic) bond motifs is 2. The van der Waals surface area contributed by atoms with E-state index in [4.69, 9.17) is 15.9 Å². The molecule has 7 heteroatoms. The van der Waals surface area contributed by atoms with Crippen molar-refractivity contribution in [1.29, 1.82) is 0 Å². The van der Waals surface area contributed by atoms with Crippen LogP contribution in [0.1, 0.15) is 25.1 Å². The summed E-state index contributed by atoms with van der Waals surface area (Å²) in [6.07, 6.45) is 4.77. The van der Waals surface area contributed by atoms with E-state index < -0.39 is 35.3 Å². The number of rotatable bonds is 2. The van der Waals surface area contributed by atoms with E-state index in [9.17, 15) is 14.7 Å². The third-order valence-corrected chi connectivity index (χ3v) is 4.00. The molecule has 0 saturated carbocycles. The van der Waals surface area contributed by atoms with Gasteiger partial charge in [-0.25, -0.2) is 4.79 Å². The molecule has 1 aromatic rings. The van der Waals surface area contributed by atoms with Crippen LogP contribution in [0.4, 0.5) is 0 Å². The van der Waals surface area contributed by atoms with Crippen LogP contribution in [0.25, 0.3) is 0 Å². The molecule has 2 N–H and O–H groups in total. The Bertz CT molecular complexity index is 700. The molecule has 7 nitrogen and oxygen atoms in total. The fourth-order valence-corrected chi connectivity index (χ4v) is 2.75. The van der Waals surface area contributed by atoms with E-state index >= 15 is 0 Å². The zero-order valence-electron chi connectivity index (χ0n) is 10.8. The van der Waals surface area contributed by atoms with E-state index in [1.165, 1.54) is 10.8 Å². The molecular weight excluding hydrogens is 264 g/mol. The van der Waals surface area contributed by atoms with Crippen LogP contribution >= 0.6 is 0 Å². The summed E-state index contributed by atoms with van der Waals surface area (Å²) in [5, 5.41) is 10.2. The van der Waals surface area contributed by atoms with Gasteiger partial charge in [0.2, 0.25) is 0 Å². The molecule has 2 aliphatic heterocycles. The Morgan fingerprint density at radius 1 is 1.65 bits per heavy atom. The summed E-state index contributed by atoms with van der Waals surface area (Å²) >= 11 is 0. The minimum absolute atomic E-state index is 0.0241. The van der Waals surface area contributed by atoms with Gasteiger partial charge in [0.05, 0.1) is 6.61 Å². The Hall–Kier alpha value is -1.88. The Labute approximate surface area is 114 Å². The predicted octanol–water partition coefficient (Wildman–Crippen LogP) is -1.04. The van der Waals surface area contributed by atoms with Crippen LogP contribution in [0.15, 0.2) is 15.8 Å². The summed E-state index contributed by atoms with van der Waals surface area (Å²) < 4.78 is 12.5. The molecule has 2 aliphatic rings. The predicted molar refractivity (Wildman–Crippen MR) is 68.1 cm³/mol. The molecule has 0 aliphatic carbocycles. The number of aliphatic hydroxyl groups is 1. The lowest BCUT2D eigenvalue weighted by atomic mass is 9.96. The van der Waals surface area contributed by atoms with Gasteiger partial charge in [0.1, 0.15) is 23.4 Å². The van der Waals surface area contributed by atoms with Gasteiger partial charge in [-0.3, -0.25) is 14.3 Å². The topological polar surface area (TPSA) is 93.6 Å². The van der Waals surface area contributed by atoms with E-state index in [1.54, 1.807) is 0 Å². The normalized spacial score (nSPS) is 35.1. The van der Waals surface area contributed by atoms with E-state index in [0.717, 1.165) is 0 Å². The highest BCUT2D eigenvalue weighted by atomic mass is 16.6. The molecule has 0 radical (unpaired) electrons. The third-order valence-electron chi connectivity index (χ3n) is 4.00. The molecule has 4 atom stereocenters. The number of ether oxygens (including phenoxy) is 2. The number of nitrogens with zero attached hydrogens (tertiary/aromatic N) is 1. The maximum absolute atomic E-state index is 11.9. The van der Waals surface area contributed by atoms with Gasteiger partial charge in [0.15, 0.2) is 6.23 Å². The Morgan fingerprint density at radius 2 is 2.40 bits per heavy atom. The monoisotopic (exact) mass is 278 g/mol. The van der Waals surface area contributed by atoms with Crippen LogP contribution in [0.3, 0.4) is 0 Å². The van der Waals surface area contributed by atoms with Crippen LogP contribution < -0.4 is 11.2 Å². The van der Waals surface area contributed by atoms with E-state index in [1.807, 2.05) is 6.92 Å². The Morgan fingerprint density at radius 3 is 3.00 bits per heavy atom. The van der Waals surface area contributed by atoms with Crippen molar-refractivity contribution < 1.29 is 14.6 Å². The number of hydrogen-bond acceptors (Lipinski definition) is 5. The summed E-state index contributed by atoms with van der Waals surface area (Å²) in [5.41, 5.74) is -2.05. The first-order valence-corrected chi connectivity index (χ1v) is 6.32. The summed E-state index contributed by atoms with van der Waals surface area (Å²) in [4.78, 5) is 25.5. The molecule has 0 aromatic carbocycles. The molecule has 2 bridgehead atoms. The molecule has 0 spiro atoms. The highest BCUT2D eigenvalue weighted by Gasteiger charge is 2.60. The molecule has 1 aromatic heterocycles. The van der Waals surface area contributed by atoms with Gasteiger partial charge in [-0.2, -0.15) is 0 Å². The lowest BCUT2D eigenvalue weighted by molar-refractivity contribution is -0.175. The van der Waals surface area contributed by atoms with Crippen LogP contribution in [-0.2, 0) is 9.47 Å². The molecule has 3 rings (SSSR count). The Balaban J connectivity index is 2.07. The minimum atomic E-state index is -0.814. The van der Waals surface area contributed by atoms with E-state index in [-0.39, 0.29) is 12.2 Å². The number of hydrogen-bond donors (Lipinski definition) is 2. The maximum Gasteiger partial charge on any atom is 0.330 e. The minimum Gasteiger partial charge on any atom is -0.387 e. The maximum atomic E-state index is 11.9. The number of aliphatic hydroxyl groups excluding tert-OH is 1. The summed E-state index contributed by atoms with van der Waals surface area (Å²) in [6, 6.07) is 0. The van der Waals surface area contributed by atoms with Crippen molar-refractivity contribution in [3.05, 3.63) is 32.6 Å². The van der Waals surface area contributed by atoms with Gasteiger partial charge in [-0.15, -0.1) is 6.42 Å². The lowest BCUT2D eigenvalue weighted by Gasteiger charge is -2.30. The molecule has 1 unspecified atom stereocenters. The Kier molecular flexibility index (Phi) is 2.83. The van der Waals surface area contributed by atoms with Gasteiger partial charge in [-0.1, -0.05) is 12.8 Å². The number of nitrogens with one attached hydrogen (secondary N) is 1. The van der Waals surface area contributed by atoms with Crippen molar-refractivity contribution >= 4 is 0 Å². The second-order valence-corrected chi connectivity index (χ2v) is 5.00. The van der Waals surface area contributed by atoms with E-state index in [0.29, 0.717) is 6.42 Å². The zero-order chi connectivity index (χ0) is 14.5. The highest BCUT2D eigenvalue weighted by Crippen LogP contribution is 2.46. The number of aromatic nitrogens is 2. The van der Waals surface area contributed by atoms with Crippen molar-refractivity contribution in [3.63, 3.8) is 0 Å². The van der Waals surface area contributed by atoms with Crippen molar-refractivity contribution in [2.24, 2.45) is 0 Å². The molecule has 3 heterocycles. The first-order valence-electron chi connectivity index (χ1n) is 6.32. The van der Waals surface area contributed by atoms with Crippen molar-refractivity contribution in [2.45, 2.75) is 37.4 Å². The summed E-state index contributed by atoms with van der Waals surface area (Å²) in [7, 11) is 0. The largest absolute Gasteiger partial charge is 0.387 e. The second-order valence-electron chi connectivity index (χ2n) is 5.00. The smallest absolute Gasteiger partial charge is 0.330 e. The fraction of sp³-hybridized carbons (Fsp3) is 0.538. The van der Waals surface area contributed by atoms with Crippen molar-refractivity contribution in [2.75, 3.05) is 6.61 Å². The first kappa shape index (κ1) is 13.1. The molecule has 106 valence electrons. The number of H-pyrrole nitrogens is 1. The van der Waals surface area contributed by atoms with Gasteiger partial charge in [-0.05, 0) is 6.42 Å². The molecule has 2 fully saturated rings. The third kappa shape index (κ3) is 1.59. The number of terminal acetylenes is 1. The average molecular weight is 278 g/mol. The first-order chi connectivity index (χ1) is 9.52. The number of aromatic amines is 1. The van der Waals surface area contributed by atoms with Crippen LogP contribution in [0.5, 0.6) is 0 Å². The molecule has 2 saturated heterocycles. The van der Waals surface area contributed by atoms with Gasteiger partial charge in [0.25, 0.3) is 5.56 Å². The molecule has 0 amide bonds. The van der Waals surface area contributed by atoms with Crippen molar-refractivity contribution in [1.82, 2.24) is 9.55 Å². The summed E-state index contributed by atoms with van der Waals surface area (Å²) in [6.45, 7) is 2.16. The second kappa shape index (κ2) is 4.31. The standard InChI is InChI=1S/C13H14N2O5/c1-3-7-5-15(12(18)14-10(7)17)11-8-9(16)13(4-2,20-11)6-19-8/h1,5,8-9,11,16H,4,6H2,2H3,(H,14,17,18)/t8?,9-,11-,13+/m1/s1. The van der Waals surface area contributed by atoms with Crippen LogP contribution in [0.2, 0.25) is 0 Å². The SMILES string of the molecule is C#Cc1cn([C@@H]2O[C@@]3(CC)COC2[C@H]3O)c(=O)[nH]c1=O. The molecular formula is C13H14N2O5. The van der Waals surface area contributed by atoms with Gasteiger partial charge in [0, 0.05) is 6.20 Å². The van der Waals surface area contributed by atoms with Gasteiger partial charge < -0.3 is 14.6 Å². The van der Waals surface area contributed by atoms with Crippen LogP contribution in [0, 0.1) is 12.3 Å². The van der Waals surface area contributed by atoms with E-state index in [2.05, 4.69) is 10.9 Å².